The van der Waals surface area contributed by atoms with Crippen molar-refractivity contribution in [3.05, 3.63) is 23.8 Å². The molecule has 3 unspecified atom stereocenters. The standard InChI is InChI=1S/C11H18N2O5/c14-5-9(16)1-7-3-12-4-8(13-7)2-10(17)11(18)6-15/h3-4,9-11,14-18H,1-2,5-6H2. The van der Waals surface area contributed by atoms with Crippen LogP contribution in [0.5, 0.6) is 0 Å². The zero-order valence-corrected chi connectivity index (χ0v) is 9.85. The summed E-state index contributed by atoms with van der Waals surface area (Å²) in [6.07, 6.45) is -0.143. The lowest BCUT2D eigenvalue weighted by Crippen LogP contribution is -2.31. The molecule has 1 rings (SSSR count). The normalized spacial score (nSPS) is 16.3. The summed E-state index contributed by atoms with van der Waals surface area (Å²) >= 11 is 0. The molecule has 3 atom stereocenters. The van der Waals surface area contributed by atoms with Gasteiger partial charge in [-0.25, -0.2) is 0 Å². The van der Waals surface area contributed by atoms with Crippen molar-refractivity contribution in [3.8, 4) is 0 Å². The summed E-state index contributed by atoms with van der Waals surface area (Å²) in [7, 11) is 0. The molecule has 0 spiro atoms. The summed E-state index contributed by atoms with van der Waals surface area (Å²) in [5.41, 5.74) is 0.928. The van der Waals surface area contributed by atoms with Crippen LogP contribution in [0.25, 0.3) is 0 Å². The van der Waals surface area contributed by atoms with Gasteiger partial charge in [0.2, 0.25) is 0 Å². The van der Waals surface area contributed by atoms with Crippen LogP contribution >= 0.6 is 0 Å². The Morgan fingerprint density at radius 1 is 0.889 bits per heavy atom. The summed E-state index contributed by atoms with van der Waals surface area (Å²) < 4.78 is 0. The van der Waals surface area contributed by atoms with Crippen LogP contribution in [-0.2, 0) is 12.8 Å². The molecule has 0 bridgehead atoms. The van der Waals surface area contributed by atoms with Crippen molar-refractivity contribution in [3.63, 3.8) is 0 Å². The van der Waals surface area contributed by atoms with Crippen LogP contribution in [0.15, 0.2) is 12.4 Å². The number of aliphatic hydroxyl groups excluding tert-OH is 5. The molecule has 0 saturated heterocycles. The molecule has 102 valence electrons. The molecule has 1 aromatic rings. The maximum atomic E-state index is 9.52. The van der Waals surface area contributed by atoms with Gasteiger partial charge in [-0.15, -0.1) is 0 Å². The minimum atomic E-state index is -1.22. The molecular formula is C11H18N2O5. The molecule has 1 aromatic heterocycles. The smallest absolute Gasteiger partial charge is 0.103 e. The van der Waals surface area contributed by atoms with Crippen LogP contribution in [0.2, 0.25) is 0 Å². The maximum Gasteiger partial charge on any atom is 0.103 e. The topological polar surface area (TPSA) is 127 Å². The highest BCUT2D eigenvalue weighted by Gasteiger charge is 2.17. The van der Waals surface area contributed by atoms with Gasteiger partial charge in [0.15, 0.2) is 0 Å². The number of aliphatic hydroxyl groups is 5. The van der Waals surface area contributed by atoms with Crippen molar-refractivity contribution in [2.45, 2.75) is 31.2 Å². The van der Waals surface area contributed by atoms with E-state index in [9.17, 15) is 15.3 Å². The third-order valence-corrected chi connectivity index (χ3v) is 2.44. The van der Waals surface area contributed by atoms with Gasteiger partial charge in [-0.05, 0) is 0 Å². The number of aromatic nitrogens is 2. The molecule has 0 aliphatic rings. The summed E-state index contributed by atoms with van der Waals surface area (Å²) in [6.45, 7) is -0.894. The Morgan fingerprint density at radius 2 is 1.50 bits per heavy atom. The van der Waals surface area contributed by atoms with E-state index in [0.29, 0.717) is 11.4 Å². The van der Waals surface area contributed by atoms with Crippen molar-refractivity contribution in [2.24, 2.45) is 0 Å². The molecule has 0 aromatic carbocycles. The lowest BCUT2D eigenvalue weighted by atomic mass is 10.1. The fraction of sp³-hybridized carbons (Fsp3) is 0.636. The molecule has 1 heterocycles. The summed E-state index contributed by atoms with van der Waals surface area (Å²) in [5.74, 6) is 0. The Labute approximate surface area is 104 Å². The van der Waals surface area contributed by atoms with Gasteiger partial charge in [0.1, 0.15) is 6.10 Å². The highest BCUT2D eigenvalue weighted by Crippen LogP contribution is 2.05. The van der Waals surface area contributed by atoms with Crippen molar-refractivity contribution in [1.29, 1.82) is 0 Å². The molecule has 18 heavy (non-hydrogen) atoms. The van der Waals surface area contributed by atoms with Crippen molar-refractivity contribution in [2.75, 3.05) is 13.2 Å². The number of rotatable bonds is 7. The van der Waals surface area contributed by atoms with Gasteiger partial charge in [-0.1, -0.05) is 0 Å². The lowest BCUT2D eigenvalue weighted by molar-refractivity contribution is -0.0137. The second-order valence-corrected chi connectivity index (χ2v) is 4.06. The van der Waals surface area contributed by atoms with Gasteiger partial charge in [0.05, 0.1) is 36.8 Å². The Morgan fingerprint density at radius 3 is 2.06 bits per heavy atom. The van der Waals surface area contributed by atoms with E-state index in [1.54, 1.807) is 0 Å². The van der Waals surface area contributed by atoms with Crippen LogP contribution in [0.4, 0.5) is 0 Å². The van der Waals surface area contributed by atoms with E-state index in [-0.39, 0.29) is 19.4 Å². The Bertz CT molecular complexity index is 363. The Hall–Kier alpha value is -1.12. The molecule has 0 aliphatic heterocycles. The summed E-state index contributed by atoms with van der Waals surface area (Å²) in [4.78, 5) is 8.03. The first-order valence-electron chi connectivity index (χ1n) is 5.62. The van der Waals surface area contributed by atoms with E-state index in [0.717, 1.165) is 0 Å². The van der Waals surface area contributed by atoms with Crippen LogP contribution in [0.3, 0.4) is 0 Å². The highest BCUT2D eigenvalue weighted by atomic mass is 16.4. The molecule has 0 saturated carbocycles. The Balaban J connectivity index is 2.64. The predicted octanol–water partition coefficient (Wildman–Crippen LogP) is -2.37. The van der Waals surface area contributed by atoms with Gasteiger partial charge in [0.25, 0.3) is 0 Å². The quantitative estimate of drug-likeness (QED) is 0.370. The first-order chi connectivity index (χ1) is 8.56. The van der Waals surface area contributed by atoms with E-state index >= 15 is 0 Å². The minimum Gasteiger partial charge on any atom is -0.394 e. The van der Waals surface area contributed by atoms with E-state index in [4.69, 9.17) is 10.2 Å². The minimum absolute atomic E-state index is 0.0534. The molecule has 7 nitrogen and oxygen atoms in total. The van der Waals surface area contributed by atoms with Crippen LogP contribution < -0.4 is 0 Å². The molecule has 0 fully saturated rings. The molecule has 0 aliphatic carbocycles. The first-order valence-corrected chi connectivity index (χ1v) is 5.62. The number of hydrogen-bond donors (Lipinski definition) is 5. The predicted molar refractivity (Wildman–Crippen MR) is 61.6 cm³/mol. The number of nitrogens with zero attached hydrogens (tertiary/aromatic N) is 2. The fourth-order valence-corrected chi connectivity index (χ4v) is 1.43. The van der Waals surface area contributed by atoms with Crippen LogP contribution in [0.1, 0.15) is 11.4 Å². The van der Waals surface area contributed by atoms with E-state index in [1.165, 1.54) is 12.4 Å². The number of hydrogen-bond acceptors (Lipinski definition) is 7. The van der Waals surface area contributed by atoms with E-state index in [1.807, 2.05) is 0 Å². The van der Waals surface area contributed by atoms with Crippen LogP contribution in [-0.4, -0.2) is 67.0 Å². The van der Waals surface area contributed by atoms with Gasteiger partial charge >= 0.3 is 0 Å². The van der Waals surface area contributed by atoms with Crippen molar-refractivity contribution >= 4 is 0 Å². The summed E-state index contributed by atoms with van der Waals surface area (Å²) in [5, 5.41) is 45.4. The highest BCUT2D eigenvalue weighted by molar-refractivity contribution is 5.05. The van der Waals surface area contributed by atoms with Gasteiger partial charge in [-0.2, -0.15) is 0 Å². The third-order valence-electron chi connectivity index (χ3n) is 2.44. The van der Waals surface area contributed by atoms with Crippen molar-refractivity contribution < 1.29 is 25.5 Å². The van der Waals surface area contributed by atoms with Crippen LogP contribution in [0, 0.1) is 0 Å². The lowest BCUT2D eigenvalue weighted by Gasteiger charge is -2.15. The monoisotopic (exact) mass is 258 g/mol. The van der Waals surface area contributed by atoms with Gasteiger partial charge < -0.3 is 25.5 Å². The molecule has 5 N–H and O–H groups in total. The molecular weight excluding hydrogens is 240 g/mol. The largest absolute Gasteiger partial charge is 0.394 e. The Kier molecular flexibility index (Phi) is 6.10. The zero-order chi connectivity index (χ0) is 13.5. The molecule has 0 amide bonds. The second kappa shape index (κ2) is 7.34. The van der Waals surface area contributed by atoms with E-state index < -0.39 is 24.9 Å². The average molecular weight is 258 g/mol. The maximum absolute atomic E-state index is 9.52. The third kappa shape index (κ3) is 4.63. The van der Waals surface area contributed by atoms with Gasteiger partial charge in [-0.3, -0.25) is 9.97 Å². The first kappa shape index (κ1) is 14.9. The average Bonchev–Trinajstić information content (AvgIpc) is 2.37. The zero-order valence-electron chi connectivity index (χ0n) is 9.85. The van der Waals surface area contributed by atoms with Crippen molar-refractivity contribution in [1.82, 2.24) is 9.97 Å². The fourth-order valence-electron chi connectivity index (χ4n) is 1.43. The van der Waals surface area contributed by atoms with Gasteiger partial charge in [0, 0.05) is 25.2 Å². The molecule has 7 heteroatoms. The SMILES string of the molecule is OCC(O)Cc1cncc(CC(O)C(O)CO)n1. The summed E-state index contributed by atoms with van der Waals surface area (Å²) in [6, 6.07) is 0. The van der Waals surface area contributed by atoms with E-state index in [2.05, 4.69) is 9.97 Å². The second-order valence-electron chi connectivity index (χ2n) is 4.06. The molecule has 0 radical (unpaired) electrons.